The van der Waals surface area contributed by atoms with Crippen LogP contribution in [0.25, 0.3) is 0 Å². The van der Waals surface area contributed by atoms with Gasteiger partial charge in [0.2, 0.25) is 0 Å². The van der Waals surface area contributed by atoms with E-state index in [-0.39, 0.29) is 5.82 Å². The maximum Gasteiger partial charge on any atom is 0.165 e. The number of methoxy groups -OCH3 is 1. The highest BCUT2D eigenvalue weighted by Crippen LogP contribution is 2.25. The van der Waals surface area contributed by atoms with Gasteiger partial charge in [-0.15, -0.1) is 0 Å². The molecule has 0 saturated carbocycles. The Morgan fingerprint density at radius 2 is 2.24 bits per heavy atom. The number of aryl methyl sites for hydroxylation is 1. The highest BCUT2D eigenvalue weighted by molar-refractivity contribution is 5.37. The molecule has 0 aliphatic carbocycles. The zero-order valence-electron chi connectivity index (χ0n) is 12.3. The van der Waals surface area contributed by atoms with Gasteiger partial charge in [0.15, 0.2) is 5.75 Å². The maximum absolute atomic E-state index is 13.4. The summed E-state index contributed by atoms with van der Waals surface area (Å²) < 4.78 is 25.9. The van der Waals surface area contributed by atoms with Gasteiger partial charge in [0.1, 0.15) is 11.6 Å². The summed E-state index contributed by atoms with van der Waals surface area (Å²) in [5.41, 5.74) is 0.760. The average molecular weight is 293 g/mol. The fraction of sp³-hybridized carbons (Fsp3) is 0.400. The SMILES string of the molecule is CCn1cc(Oc2ccc(F)cc2CNCCOC)cn1. The van der Waals surface area contributed by atoms with Crippen LogP contribution in [0.4, 0.5) is 4.39 Å². The Bertz CT molecular complexity index is 572. The molecule has 6 heteroatoms. The van der Waals surface area contributed by atoms with Crippen LogP contribution in [0, 0.1) is 5.82 Å². The van der Waals surface area contributed by atoms with Crippen LogP contribution in [-0.4, -0.2) is 30.0 Å². The van der Waals surface area contributed by atoms with E-state index in [4.69, 9.17) is 9.47 Å². The second-order valence-corrected chi connectivity index (χ2v) is 4.56. The number of halogens is 1. The first-order valence-electron chi connectivity index (χ1n) is 6.91. The quantitative estimate of drug-likeness (QED) is 0.760. The lowest BCUT2D eigenvalue weighted by Gasteiger charge is -2.11. The summed E-state index contributed by atoms with van der Waals surface area (Å²) in [5, 5.41) is 7.33. The topological polar surface area (TPSA) is 48.3 Å². The fourth-order valence-corrected chi connectivity index (χ4v) is 1.88. The van der Waals surface area contributed by atoms with E-state index in [1.165, 1.54) is 12.1 Å². The molecule has 5 nitrogen and oxygen atoms in total. The van der Waals surface area contributed by atoms with Gasteiger partial charge in [0.05, 0.1) is 19.0 Å². The van der Waals surface area contributed by atoms with Crippen LogP contribution in [0.3, 0.4) is 0 Å². The molecule has 2 aromatic rings. The van der Waals surface area contributed by atoms with E-state index in [0.717, 1.165) is 12.1 Å². The number of hydrogen-bond acceptors (Lipinski definition) is 4. The number of ether oxygens (including phenoxy) is 2. The van der Waals surface area contributed by atoms with Crippen molar-refractivity contribution in [2.75, 3.05) is 20.3 Å². The standard InChI is InChI=1S/C15H20FN3O2/c1-3-19-11-14(10-18-19)21-15-5-4-13(16)8-12(15)9-17-6-7-20-2/h4-5,8,10-11,17H,3,6-7,9H2,1-2H3. The Balaban J connectivity index is 2.06. The summed E-state index contributed by atoms with van der Waals surface area (Å²) in [6.45, 7) is 4.59. The van der Waals surface area contributed by atoms with E-state index in [2.05, 4.69) is 10.4 Å². The Hall–Kier alpha value is -1.92. The van der Waals surface area contributed by atoms with Crippen molar-refractivity contribution in [1.82, 2.24) is 15.1 Å². The number of nitrogens with one attached hydrogen (secondary N) is 1. The smallest absolute Gasteiger partial charge is 0.165 e. The summed E-state index contributed by atoms with van der Waals surface area (Å²) in [6, 6.07) is 4.49. The number of aromatic nitrogens is 2. The van der Waals surface area contributed by atoms with Crippen molar-refractivity contribution < 1.29 is 13.9 Å². The molecular weight excluding hydrogens is 273 g/mol. The van der Waals surface area contributed by atoms with E-state index in [9.17, 15) is 4.39 Å². The third-order valence-electron chi connectivity index (χ3n) is 2.98. The lowest BCUT2D eigenvalue weighted by atomic mass is 10.2. The Morgan fingerprint density at radius 1 is 1.38 bits per heavy atom. The van der Waals surface area contributed by atoms with Gasteiger partial charge < -0.3 is 14.8 Å². The van der Waals surface area contributed by atoms with Crippen LogP contribution >= 0.6 is 0 Å². The molecule has 0 saturated heterocycles. The largest absolute Gasteiger partial charge is 0.454 e. The Morgan fingerprint density at radius 3 is 2.95 bits per heavy atom. The maximum atomic E-state index is 13.4. The molecule has 1 aromatic heterocycles. The zero-order valence-corrected chi connectivity index (χ0v) is 12.3. The Labute approximate surface area is 123 Å². The third-order valence-corrected chi connectivity index (χ3v) is 2.98. The minimum atomic E-state index is -0.282. The van der Waals surface area contributed by atoms with E-state index >= 15 is 0 Å². The number of benzene rings is 1. The van der Waals surface area contributed by atoms with Crippen molar-refractivity contribution >= 4 is 0 Å². The lowest BCUT2D eigenvalue weighted by Crippen LogP contribution is -2.18. The molecule has 0 aliphatic rings. The predicted octanol–water partition coefficient (Wildman–Crippen LogP) is 2.57. The van der Waals surface area contributed by atoms with Crippen LogP contribution in [0.5, 0.6) is 11.5 Å². The summed E-state index contributed by atoms with van der Waals surface area (Å²) in [6.07, 6.45) is 3.46. The summed E-state index contributed by atoms with van der Waals surface area (Å²) in [4.78, 5) is 0. The highest BCUT2D eigenvalue weighted by Gasteiger charge is 2.08. The first kappa shape index (κ1) is 15.5. The molecule has 0 bridgehead atoms. The molecule has 0 atom stereocenters. The molecular formula is C15H20FN3O2. The van der Waals surface area contributed by atoms with E-state index in [0.29, 0.717) is 31.2 Å². The minimum absolute atomic E-state index is 0.282. The van der Waals surface area contributed by atoms with E-state index in [1.54, 1.807) is 24.1 Å². The van der Waals surface area contributed by atoms with Crippen molar-refractivity contribution in [2.45, 2.75) is 20.0 Å². The molecule has 0 aliphatic heterocycles. The second-order valence-electron chi connectivity index (χ2n) is 4.56. The van der Waals surface area contributed by atoms with Gasteiger partial charge in [-0.05, 0) is 25.1 Å². The van der Waals surface area contributed by atoms with Crippen LogP contribution in [0.15, 0.2) is 30.6 Å². The van der Waals surface area contributed by atoms with Gasteiger partial charge in [-0.2, -0.15) is 5.10 Å². The minimum Gasteiger partial charge on any atom is -0.454 e. The molecule has 21 heavy (non-hydrogen) atoms. The van der Waals surface area contributed by atoms with Gasteiger partial charge in [-0.3, -0.25) is 4.68 Å². The van der Waals surface area contributed by atoms with Crippen LogP contribution in [0.1, 0.15) is 12.5 Å². The van der Waals surface area contributed by atoms with Gasteiger partial charge in [-0.1, -0.05) is 0 Å². The van der Waals surface area contributed by atoms with Crippen LogP contribution in [-0.2, 0) is 17.8 Å². The van der Waals surface area contributed by atoms with Gasteiger partial charge >= 0.3 is 0 Å². The molecule has 0 amide bonds. The molecule has 1 N–H and O–H groups in total. The normalized spacial score (nSPS) is 10.8. The summed E-state index contributed by atoms with van der Waals surface area (Å²) in [5.74, 6) is 0.980. The molecule has 2 rings (SSSR count). The molecule has 1 heterocycles. The molecule has 0 unspecified atom stereocenters. The van der Waals surface area contributed by atoms with Crippen molar-refractivity contribution in [3.8, 4) is 11.5 Å². The molecule has 0 spiro atoms. The summed E-state index contributed by atoms with van der Waals surface area (Å²) >= 11 is 0. The Kier molecular flexibility index (Phi) is 5.71. The van der Waals surface area contributed by atoms with Crippen molar-refractivity contribution in [1.29, 1.82) is 0 Å². The molecule has 0 radical (unpaired) electrons. The average Bonchev–Trinajstić information content (AvgIpc) is 2.94. The first-order valence-corrected chi connectivity index (χ1v) is 6.91. The van der Waals surface area contributed by atoms with Crippen molar-refractivity contribution in [3.05, 3.63) is 42.0 Å². The van der Waals surface area contributed by atoms with Crippen LogP contribution in [0.2, 0.25) is 0 Å². The zero-order chi connectivity index (χ0) is 15.1. The van der Waals surface area contributed by atoms with Crippen molar-refractivity contribution in [3.63, 3.8) is 0 Å². The number of nitrogens with zero attached hydrogens (tertiary/aromatic N) is 2. The van der Waals surface area contributed by atoms with Gasteiger partial charge in [-0.25, -0.2) is 4.39 Å². The highest BCUT2D eigenvalue weighted by atomic mass is 19.1. The van der Waals surface area contributed by atoms with E-state index < -0.39 is 0 Å². The van der Waals surface area contributed by atoms with Crippen molar-refractivity contribution in [2.24, 2.45) is 0 Å². The number of rotatable bonds is 8. The second kappa shape index (κ2) is 7.75. The molecule has 0 fully saturated rings. The lowest BCUT2D eigenvalue weighted by molar-refractivity contribution is 0.199. The van der Waals surface area contributed by atoms with Gasteiger partial charge in [0.25, 0.3) is 0 Å². The predicted molar refractivity (Wildman–Crippen MR) is 78.0 cm³/mol. The first-order chi connectivity index (χ1) is 10.2. The monoisotopic (exact) mass is 293 g/mol. The third kappa shape index (κ3) is 4.54. The molecule has 114 valence electrons. The van der Waals surface area contributed by atoms with Gasteiger partial charge in [0, 0.05) is 32.3 Å². The van der Waals surface area contributed by atoms with E-state index in [1.807, 2.05) is 13.1 Å². The number of hydrogen-bond donors (Lipinski definition) is 1. The summed E-state index contributed by atoms with van der Waals surface area (Å²) in [7, 11) is 1.64. The van der Waals surface area contributed by atoms with Crippen LogP contribution < -0.4 is 10.1 Å². The fourth-order valence-electron chi connectivity index (χ4n) is 1.88. The molecule has 1 aromatic carbocycles.